The first-order valence-corrected chi connectivity index (χ1v) is 12.8. The zero-order chi connectivity index (χ0) is 24.6. The highest BCUT2D eigenvalue weighted by Gasteiger charge is 2.36. The predicted molar refractivity (Wildman–Crippen MR) is 136 cm³/mol. The third-order valence-electron chi connectivity index (χ3n) is 4.99. The third-order valence-corrected chi connectivity index (χ3v) is 7.52. The van der Waals surface area contributed by atoms with Crippen LogP contribution >= 0.6 is 23.4 Å². The lowest BCUT2D eigenvalue weighted by atomic mass is 10.1. The van der Waals surface area contributed by atoms with Gasteiger partial charge >= 0.3 is 10.1 Å². The molecular formula is C24H15ClN4O4S2. The highest BCUT2D eigenvalue weighted by atomic mass is 35.5. The number of amides is 1. The molecule has 174 valence electrons. The number of amidine groups is 2. The van der Waals surface area contributed by atoms with Crippen LogP contribution in [0.25, 0.3) is 6.08 Å². The fourth-order valence-corrected chi connectivity index (χ4v) is 5.45. The number of aliphatic imine (C=N–C) groups is 1. The van der Waals surface area contributed by atoms with Gasteiger partial charge in [-0.1, -0.05) is 60.1 Å². The lowest BCUT2D eigenvalue weighted by Gasteiger charge is -2.20. The van der Waals surface area contributed by atoms with E-state index in [1.165, 1.54) is 35.4 Å². The molecule has 0 saturated heterocycles. The van der Waals surface area contributed by atoms with E-state index in [0.717, 1.165) is 11.8 Å². The minimum absolute atomic E-state index is 0.0429. The van der Waals surface area contributed by atoms with E-state index in [9.17, 15) is 13.2 Å². The molecule has 2 aliphatic rings. The molecule has 5 rings (SSSR count). The number of rotatable bonds is 5. The molecule has 0 fully saturated rings. The molecule has 0 saturated carbocycles. The zero-order valence-corrected chi connectivity index (χ0v) is 20.1. The lowest BCUT2D eigenvalue weighted by Crippen LogP contribution is -2.35. The number of nitrogens with one attached hydrogen (secondary N) is 1. The van der Waals surface area contributed by atoms with Gasteiger partial charge in [-0.05, 0) is 53.7 Å². The Balaban J connectivity index is 1.37. The topological polar surface area (TPSA) is 112 Å². The molecule has 0 spiro atoms. The summed E-state index contributed by atoms with van der Waals surface area (Å²) < 4.78 is 30.0. The highest BCUT2D eigenvalue weighted by Crippen LogP contribution is 2.33. The van der Waals surface area contributed by atoms with Crippen LogP contribution in [0.4, 0.5) is 0 Å². The standard InChI is InChI=1S/C24H15ClN4O4S2/c25-20-9-5-4-8-18(20)23-28-29-21(26)19(22(30)27-24(29)34-23)14-15-10-12-16(13-11-15)33-35(31,32)17-6-2-1-3-7-17/h1-14,26H/b19-14-,26-21?. The van der Waals surface area contributed by atoms with Crippen LogP contribution in [-0.2, 0) is 14.9 Å². The van der Waals surface area contributed by atoms with E-state index >= 15 is 0 Å². The first kappa shape index (κ1) is 23.0. The van der Waals surface area contributed by atoms with Gasteiger partial charge in [0, 0.05) is 5.56 Å². The Bertz CT molecular complexity index is 1550. The van der Waals surface area contributed by atoms with E-state index in [2.05, 4.69) is 10.1 Å². The summed E-state index contributed by atoms with van der Waals surface area (Å²) in [5, 5.41) is 15.6. The summed E-state index contributed by atoms with van der Waals surface area (Å²) >= 11 is 7.42. The molecule has 0 aliphatic carbocycles. The molecule has 8 nitrogen and oxygen atoms in total. The maximum atomic E-state index is 12.7. The fourth-order valence-electron chi connectivity index (χ4n) is 3.28. The Morgan fingerprint density at radius 2 is 1.66 bits per heavy atom. The van der Waals surface area contributed by atoms with Crippen LogP contribution in [0.15, 0.2) is 99.4 Å². The molecule has 1 amide bonds. The van der Waals surface area contributed by atoms with Gasteiger partial charge in [-0.15, -0.1) is 0 Å². The van der Waals surface area contributed by atoms with Crippen LogP contribution in [0, 0.1) is 5.41 Å². The monoisotopic (exact) mass is 522 g/mol. The molecule has 2 aliphatic heterocycles. The first-order chi connectivity index (χ1) is 16.8. The van der Waals surface area contributed by atoms with Gasteiger partial charge in [0.05, 0.1) is 10.6 Å². The lowest BCUT2D eigenvalue weighted by molar-refractivity contribution is -0.114. The van der Waals surface area contributed by atoms with E-state index in [1.807, 2.05) is 6.07 Å². The van der Waals surface area contributed by atoms with Crippen molar-refractivity contribution in [3.8, 4) is 5.75 Å². The second-order valence-corrected chi connectivity index (χ2v) is 10.2. The molecule has 11 heteroatoms. The summed E-state index contributed by atoms with van der Waals surface area (Å²) in [5.74, 6) is -0.579. The number of halogens is 1. The van der Waals surface area contributed by atoms with Gasteiger partial charge in [-0.25, -0.2) is 0 Å². The van der Waals surface area contributed by atoms with Crippen LogP contribution in [0.5, 0.6) is 5.75 Å². The first-order valence-electron chi connectivity index (χ1n) is 10.2. The van der Waals surface area contributed by atoms with E-state index in [0.29, 0.717) is 21.2 Å². The summed E-state index contributed by atoms with van der Waals surface area (Å²) in [6.45, 7) is 0. The number of hydrogen-bond donors (Lipinski definition) is 1. The van der Waals surface area contributed by atoms with Gasteiger partial charge in [0.1, 0.15) is 15.7 Å². The van der Waals surface area contributed by atoms with Crippen molar-refractivity contribution in [2.45, 2.75) is 4.90 Å². The van der Waals surface area contributed by atoms with E-state index in [-0.39, 0.29) is 27.2 Å². The third kappa shape index (κ3) is 4.63. The van der Waals surface area contributed by atoms with E-state index < -0.39 is 16.0 Å². The van der Waals surface area contributed by atoms with E-state index in [1.54, 1.807) is 48.5 Å². The predicted octanol–water partition coefficient (Wildman–Crippen LogP) is 4.78. The van der Waals surface area contributed by atoms with Crippen LogP contribution in [0.2, 0.25) is 5.02 Å². The Morgan fingerprint density at radius 3 is 2.37 bits per heavy atom. The number of hydrogen-bond acceptors (Lipinski definition) is 7. The summed E-state index contributed by atoms with van der Waals surface area (Å²) in [6, 6.07) is 21.1. The van der Waals surface area contributed by atoms with Crippen LogP contribution in [-0.4, -0.2) is 35.4 Å². The minimum Gasteiger partial charge on any atom is -0.379 e. The van der Waals surface area contributed by atoms with Crippen LogP contribution in [0.1, 0.15) is 11.1 Å². The van der Waals surface area contributed by atoms with Gasteiger partial charge in [0.25, 0.3) is 5.91 Å². The zero-order valence-electron chi connectivity index (χ0n) is 17.8. The number of fused-ring (bicyclic) bond motifs is 1. The Morgan fingerprint density at radius 1 is 0.971 bits per heavy atom. The SMILES string of the molecule is N=C1/C(=C/c2ccc(OS(=O)(=O)c3ccccc3)cc2)C(=O)N=C2SC(c3ccccc3Cl)=NN12. The van der Waals surface area contributed by atoms with Crippen molar-refractivity contribution >= 4 is 61.5 Å². The van der Waals surface area contributed by atoms with E-state index in [4.69, 9.17) is 21.2 Å². The molecular weight excluding hydrogens is 508 g/mol. The molecule has 35 heavy (non-hydrogen) atoms. The molecule has 3 aromatic carbocycles. The van der Waals surface area contributed by atoms with Crippen molar-refractivity contribution in [2.75, 3.05) is 0 Å². The van der Waals surface area contributed by atoms with Gasteiger partial charge in [0.15, 0.2) is 5.84 Å². The smallest absolute Gasteiger partial charge is 0.339 e. The number of nitrogens with zero attached hydrogens (tertiary/aromatic N) is 3. The van der Waals surface area contributed by atoms with Gasteiger partial charge in [-0.2, -0.15) is 23.5 Å². The number of thioether (sulfide) groups is 1. The summed E-state index contributed by atoms with van der Waals surface area (Å²) in [6.07, 6.45) is 1.49. The highest BCUT2D eigenvalue weighted by molar-refractivity contribution is 8.27. The second kappa shape index (κ2) is 9.14. The molecule has 3 aromatic rings. The van der Waals surface area contributed by atoms with Crippen molar-refractivity contribution in [2.24, 2.45) is 10.1 Å². The summed E-state index contributed by atoms with van der Waals surface area (Å²) in [4.78, 5) is 16.8. The Hall–Kier alpha value is -3.73. The van der Waals surface area contributed by atoms with Gasteiger partial charge in [-0.3, -0.25) is 10.2 Å². The van der Waals surface area contributed by atoms with Crippen LogP contribution in [0.3, 0.4) is 0 Å². The summed E-state index contributed by atoms with van der Waals surface area (Å²) in [5.41, 5.74) is 1.29. The Kier molecular flexibility index (Phi) is 6.01. The van der Waals surface area contributed by atoms with Crippen molar-refractivity contribution in [1.82, 2.24) is 5.01 Å². The molecule has 0 bridgehead atoms. The Labute approximate surface area is 210 Å². The molecule has 0 unspecified atom stereocenters. The quantitative estimate of drug-likeness (QED) is 0.381. The van der Waals surface area contributed by atoms with Crippen molar-refractivity contribution in [3.05, 3.63) is 101 Å². The second-order valence-electron chi connectivity index (χ2n) is 7.32. The molecule has 0 radical (unpaired) electrons. The number of carbonyl (C=O) groups is 1. The molecule has 0 aromatic heterocycles. The summed E-state index contributed by atoms with van der Waals surface area (Å²) in [7, 11) is -3.97. The van der Waals surface area contributed by atoms with Crippen LogP contribution < -0.4 is 4.18 Å². The molecule has 2 heterocycles. The fraction of sp³-hybridized carbons (Fsp3) is 0. The average Bonchev–Trinajstić information content (AvgIpc) is 3.27. The average molecular weight is 523 g/mol. The van der Waals surface area contributed by atoms with Crippen molar-refractivity contribution < 1.29 is 17.4 Å². The maximum absolute atomic E-state index is 12.7. The van der Waals surface area contributed by atoms with Crippen molar-refractivity contribution in [1.29, 1.82) is 5.41 Å². The number of carbonyl (C=O) groups excluding carboxylic acids is 1. The molecule has 0 atom stereocenters. The number of benzene rings is 3. The minimum atomic E-state index is -3.97. The van der Waals surface area contributed by atoms with Gasteiger partial charge < -0.3 is 4.18 Å². The normalized spacial score (nSPS) is 16.7. The number of hydrazone groups is 1. The van der Waals surface area contributed by atoms with Crippen molar-refractivity contribution in [3.63, 3.8) is 0 Å². The maximum Gasteiger partial charge on any atom is 0.339 e. The van der Waals surface area contributed by atoms with Gasteiger partial charge in [0.2, 0.25) is 5.17 Å². The molecule has 1 N–H and O–H groups in total. The largest absolute Gasteiger partial charge is 0.379 e.